The number of aromatic nitrogens is 3. The van der Waals surface area contributed by atoms with Crippen LogP contribution in [0.5, 0.6) is 0 Å². The molecule has 0 saturated carbocycles. The van der Waals surface area contributed by atoms with Crippen LogP contribution in [0.1, 0.15) is 25.3 Å². The minimum absolute atomic E-state index is 0.0594. The summed E-state index contributed by atoms with van der Waals surface area (Å²) in [5.41, 5.74) is -1.15. The summed E-state index contributed by atoms with van der Waals surface area (Å²) in [6.07, 6.45) is -1.10. The number of hydrogen-bond donors (Lipinski definition) is 1. The number of piperidine rings is 1. The van der Waals surface area contributed by atoms with E-state index < -0.39 is 17.3 Å². The molecule has 28 heavy (non-hydrogen) atoms. The summed E-state index contributed by atoms with van der Waals surface area (Å²) in [4.78, 5) is 29.2. The fourth-order valence-corrected chi connectivity index (χ4v) is 3.29. The molecule has 0 aromatic carbocycles. The molecule has 1 N–H and O–H groups in total. The highest BCUT2D eigenvalue weighted by Crippen LogP contribution is 2.29. The van der Waals surface area contributed by atoms with Crippen LogP contribution in [0, 0.1) is 0 Å². The number of nitrogens with one attached hydrogen (secondary N) is 1. The predicted octanol–water partition coefficient (Wildman–Crippen LogP) is 2.40. The maximum absolute atomic E-state index is 12.6. The highest BCUT2D eigenvalue weighted by molar-refractivity contribution is 6.33. The molecule has 1 fully saturated rings. The van der Waals surface area contributed by atoms with Crippen LogP contribution in [0.3, 0.4) is 0 Å². The number of hydrogen-bond acceptors (Lipinski definition) is 5. The van der Waals surface area contributed by atoms with Crippen molar-refractivity contribution >= 4 is 23.2 Å². The molecule has 1 aliphatic rings. The number of rotatable bonds is 3. The molecule has 0 unspecified atom stereocenters. The highest BCUT2D eigenvalue weighted by Gasteiger charge is 2.31. The molecular weight excluding hydrogens is 399 g/mol. The smallest absolute Gasteiger partial charge is 0.369 e. The van der Waals surface area contributed by atoms with E-state index in [4.69, 9.17) is 11.6 Å². The lowest BCUT2D eigenvalue weighted by Crippen LogP contribution is -2.44. The zero-order chi connectivity index (χ0) is 20.5. The first-order valence-corrected chi connectivity index (χ1v) is 8.88. The van der Waals surface area contributed by atoms with Gasteiger partial charge < -0.3 is 10.2 Å². The van der Waals surface area contributed by atoms with Gasteiger partial charge in [0.15, 0.2) is 5.82 Å². The minimum Gasteiger partial charge on any atom is -0.369 e. The Morgan fingerprint density at radius 2 is 1.93 bits per heavy atom. The van der Waals surface area contributed by atoms with Gasteiger partial charge in [0.25, 0.3) is 5.56 Å². The SMILES string of the molecule is CC(=O)NC1CCN(c2cnn(-c3ccc(C(F)(F)F)cn3)c(=O)c2Cl)CC1. The van der Waals surface area contributed by atoms with Crippen molar-refractivity contribution in [2.45, 2.75) is 32.0 Å². The average Bonchev–Trinajstić information content (AvgIpc) is 2.64. The fraction of sp³-hybridized carbons (Fsp3) is 0.412. The summed E-state index contributed by atoms with van der Waals surface area (Å²) in [7, 11) is 0. The molecule has 11 heteroatoms. The summed E-state index contributed by atoms with van der Waals surface area (Å²) in [6.45, 7) is 2.62. The number of carbonyl (C=O) groups is 1. The van der Waals surface area contributed by atoms with Crippen LogP contribution < -0.4 is 15.8 Å². The van der Waals surface area contributed by atoms with Gasteiger partial charge in [0.05, 0.1) is 17.4 Å². The molecule has 7 nitrogen and oxygen atoms in total. The lowest BCUT2D eigenvalue weighted by molar-refractivity contribution is -0.137. The Morgan fingerprint density at radius 3 is 2.46 bits per heavy atom. The minimum atomic E-state index is -4.52. The second-order valence-electron chi connectivity index (χ2n) is 6.43. The average molecular weight is 416 g/mol. The third-order valence-corrected chi connectivity index (χ3v) is 4.79. The molecule has 0 radical (unpaired) electrons. The number of amides is 1. The van der Waals surface area contributed by atoms with Crippen LogP contribution in [0.15, 0.2) is 29.3 Å². The molecule has 1 amide bonds. The Hall–Kier alpha value is -2.62. The number of anilines is 1. The molecule has 2 aromatic heterocycles. The first-order chi connectivity index (χ1) is 13.2. The number of nitrogens with zero attached hydrogens (tertiary/aromatic N) is 4. The summed E-state index contributed by atoms with van der Waals surface area (Å²) in [5.74, 6) is -0.152. The van der Waals surface area contributed by atoms with Gasteiger partial charge in [-0.3, -0.25) is 9.59 Å². The standard InChI is InChI=1S/C17H17ClF3N5O2/c1-10(27)24-12-4-6-25(7-5-12)13-9-23-26(16(28)15(13)18)14-3-2-11(8-22-14)17(19,20)21/h2-3,8-9,12H,4-7H2,1H3,(H,24,27). The van der Waals surface area contributed by atoms with E-state index in [1.165, 1.54) is 13.1 Å². The van der Waals surface area contributed by atoms with E-state index in [9.17, 15) is 22.8 Å². The van der Waals surface area contributed by atoms with E-state index in [1.807, 2.05) is 4.90 Å². The van der Waals surface area contributed by atoms with Gasteiger partial charge in [-0.15, -0.1) is 0 Å². The monoisotopic (exact) mass is 415 g/mol. The third-order valence-electron chi connectivity index (χ3n) is 4.44. The van der Waals surface area contributed by atoms with Gasteiger partial charge in [-0.25, -0.2) is 4.98 Å². The van der Waals surface area contributed by atoms with Crippen molar-refractivity contribution in [2.75, 3.05) is 18.0 Å². The van der Waals surface area contributed by atoms with Crippen molar-refractivity contribution in [2.24, 2.45) is 0 Å². The maximum atomic E-state index is 12.6. The summed E-state index contributed by atoms with van der Waals surface area (Å²) < 4.78 is 38.8. The molecule has 0 spiro atoms. The van der Waals surface area contributed by atoms with Gasteiger partial charge in [0.1, 0.15) is 5.02 Å². The maximum Gasteiger partial charge on any atom is 0.417 e. The first-order valence-electron chi connectivity index (χ1n) is 8.50. The quantitative estimate of drug-likeness (QED) is 0.832. The van der Waals surface area contributed by atoms with Crippen LogP contribution in [0.4, 0.5) is 18.9 Å². The van der Waals surface area contributed by atoms with Crippen molar-refractivity contribution in [1.82, 2.24) is 20.1 Å². The van der Waals surface area contributed by atoms with Crippen molar-refractivity contribution in [1.29, 1.82) is 0 Å². The Kier molecular flexibility index (Phi) is 5.59. The van der Waals surface area contributed by atoms with E-state index in [-0.39, 0.29) is 22.8 Å². The van der Waals surface area contributed by atoms with Crippen LogP contribution in [-0.4, -0.2) is 39.8 Å². The predicted molar refractivity (Wildman–Crippen MR) is 96.7 cm³/mol. The van der Waals surface area contributed by atoms with E-state index in [0.717, 1.165) is 16.8 Å². The molecule has 0 bridgehead atoms. The van der Waals surface area contributed by atoms with Gasteiger partial charge in [0, 0.05) is 32.3 Å². The van der Waals surface area contributed by atoms with E-state index in [0.29, 0.717) is 37.8 Å². The molecular formula is C17H17ClF3N5O2. The van der Waals surface area contributed by atoms with Crippen molar-refractivity contribution in [3.8, 4) is 5.82 Å². The second-order valence-corrected chi connectivity index (χ2v) is 6.80. The Balaban J connectivity index is 1.80. The van der Waals surface area contributed by atoms with Crippen LogP contribution in [0.25, 0.3) is 5.82 Å². The number of halogens is 4. The third kappa shape index (κ3) is 4.27. The topological polar surface area (TPSA) is 80.1 Å². The molecule has 150 valence electrons. The Bertz CT molecular complexity index is 922. The zero-order valence-electron chi connectivity index (χ0n) is 14.8. The second kappa shape index (κ2) is 7.78. The van der Waals surface area contributed by atoms with Crippen LogP contribution >= 0.6 is 11.6 Å². The van der Waals surface area contributed by atoms with Gasteiger partial charge in [-0.2, -0.15) is 23.0 Å². The van der Waals surface area contributed by atoms with Gasteiger partial charge >= 0.3 is 6.18 Å². The van der Waals surface area contributed by atoms with E-state index >= 15 is 0 Å². The van der Waals surface area contributed by atoms with Crippen molar-refractivity contribution < 1.29 is 18.0 Å². The van der Waals surface area contributed by atoms with Crippen molar-refractivity contribution in [3.05, 3.63) is 45.5 Å². The fourth-order valence-electron chi connectivity index (χ4n) is 3.04. The Labute approximate surface area is 163 Å². The van der Waals surface area contributed by atoms with Crippen LogP contribution in [0.2, 0.25) is 5.02 Å². The lowest BCUT2D eigenvalue weighted by atomic mass is 10.0. The molecule has 1 saturated heterocycles. The molecule has 1 aliphatic heterocycles. The van der Waals surface area contributed by atoms with Gasteiger partial charge in [-0.1, -0.05) is 11.6 Å². The zero-order valence-corrected chi connectivity index (χ0v) is 15.6. The first kappa shape index (κ1) is 20.1. The summed E-state index contributed by atoms with van der Waals surface area (Å²) >= 11 is 6.21. The molecule has 2 aromatic rings. The summed E-state index contributed by atoms with van der Waals surface area (Å²) in [5, 5.41) is 6.78. The molecule has 0 aliphatic carbocycles. The van der Waals surface area contributed by atoms with E-state index in [2.05, 4.69) is 15.4 Å². The Morgan fingerprint density at radius 1 is 1.25 bits per heavy atom. The van der Waals surface area contributed by atoms with Crippen LogP contribution in [-0.2, 0) is 11.0 Å². The van der Waals surface area contributed by atoms with Gasteiger partial charge in [-0.05, 0) is 25.0 Å². The molecule has 3 rings (SSSR count). The number of alkyl halides is 3. The number of pyridine rings is 1. The van der Waals surface area contributed by atoms with Gasteiger partial charge in [0.2, 0.25) is 5.91 Å². The molecule has 0 atom stereocenters. The normalized spacial score (nSPS) is 15.5. The summed E-state index contributed by atoms with van der Waals surface area (Å²) in [6, 6.07) is 1.95. The van der Waals surface area contributed by atoms with Crippen molar-refractivity contribution in [3.63, 3.8) is 0 Å². The lowest BCUT2D eigenvalue weighted by Gasteiger charge is -2.33. The molecule has 3 heterocycles. The van der Waals surface area contributed by atoms with E-state index in [1.54, 1.807) is 0 Å². The highest BCUT2D eigenvalue weighted by atomic mass is 35.5. The number of carbonyl (C=O) groups excluding carboxylic acids is 1. The largest absolute Gasteiger partial charge is 0.417 e.